The fourth-order valence-electron chi connectivity index (χ4n) is 3.37. The summed E-state index contributed by atoms with van der Waals surface area (Å²) in [6, 6.07) is 9.82. The molecule has 1 aromatic heterocycles. The zero-order chi connectivity index (χ0) is 17.8. The van der Waals surface area contributed by atoms with Gasteiger partial charge in [-0.2, -0.15) is 0 Å². The number of rotatable bonds is 5. The largest absolute Gasteiger partial charge is 0.486 e. The molecular weight excluding hydrogens is 346 g/mol. The van der Waals surface area contributed by atoms with Crippen LogP contribution in [0, 0.1) is 0 Å². The molecule has 4 nitrogen and oxygen atoms in total. The van der Waals surface area contributed by atoms with Crippen molar-refractivity contribution in [3.8, 4) is 21.9 Å². The van der Waals surface area contributed by atoms with E-state index in [4.69, 9.17) is 9.47 Å². The van der Waals surface area contributed by atoms with Crippen LogP contribution in [0.25, 0.3) is 10.4 Å². The third kappa shape index (κ3) is 3.93. The highest BCUT2D eigenvalue weighted by Gasteiger charge is 2.15. The summed E-state index contributed by atoms with van der Waals surface area (Å²) in [6.07, 6.45) is 8.25. The van der Waals surface area contributed by atoms with Crippen molar-refractivity contribution in [3.05, 3.63) is 46.9 Å². The summed E-state index contributed by atoms with van der Waals surface area (Å²) in [5.74, 6) is 1.57. The maximum Gasteiger partial charge on any atom is 0.261 e. The predicted molar refractivity (Wildman–Crippen MR) is 104 cm³/mol. The Morgan fingerprint density at radius 3 is 2.81 bits per heavy atom. The first-order valence-corrected chi connectivity index (χ1v) is 10.1. The Morgan fingerprint density at radius 2 is 1.96 bits per heavy atom. The molecule has 4 rings (SSSR count). The molecule has 0 radical (unpaired) electrons. The lowest BCUT2D eigenvalue weighted by atomic mass is 9.97. The van der Waals surface area contributed by atoms with Gasteiger partial charge in [0.25, 0.3) is 5.91 Å². The average Bonchev–Trinajstić information content (AvgIpc) is 3.19. The van der Waals surface area contributed by atoms with Crippen LogP contribution in [0.3, 0.4) is 0 Å². The van der Waals surface area contributed by atoms with Gasteiger partial charge in [0.05, 0.1) is 4.88 Å². The van der Waals surface area contributed by atoms with Crippen LogP contribution in [0.5, 0.6) is 11.5 Å². The zero-order valence-electron chi connectivity index (χ0n) is 14.8. The number of hydrogen-bond acceptors (Lipinski definition) is 4. The minimum atomic E-state index is 0.00945. The number of carbonyl (C=O) groups is 1. The van der Waals surface area contributed by atoms with Crippen LogP contribution in [-0.2, 0) is 0 Å². The van der Waals surface area contributed by atoms with Gasteiger partial charge in [0.2, 0.25) is 0 Å². The monoisotopic (exact) mass is 369 g/mol. The molecule has 2 aromatic rings. The first-order valence-electron chi connectivity index (χ1n) is 9.25. The molecule has 2 heterocycles. The van der Waals surface area contributed by atoms with Gasteiger partial charge in [-0.3, -0.25) is 4.79 Å². The van der Waals surface area contributed by atoms with Gasteiger partial charge in [-0.25, -0.2) is 0 Å². The maximum atomic E-state index is 12.4. The zero-order valence-corrected chi connectivity index (χ0v) is 15.6. The number of benzene rings is 1. The van der Waals surface area contributed by atoms with Gasteiger partial charge in [-0.1, -0.05) is 11.6 Å². The third-order valence-electron chi connectivity index (χ3n) is 4.77. The van der Waals surface area contributed by atoms with E-state index in [9.17, 15) is 4.79 Å². The minimum absolute atomic E-state index is 0.00945. The van der Waals surface area contributed by atoms with Gasteiger partial charge in [-0.05, 0) is 68.0 Å². The van der Waals surface area contributed by atoms with Crippen molar-refractivity contribution in [2.75, 3.05) is 19.8 Å². The lowest BCUT2D eigenvalue weighted by molar-refractivity contribution is 0.0958. The van der Waals surface area contributed by atoms with Gasteiger partial charge >= 0.3 is 0 Å². The molecule has 2 aliphatic rings. The fraction of sp³-hybridized carbons (Fsp3) is 0.381. The Bertz CT molecular complexity index is 824. The van der Waals surface area contributed by atoms with Gasteiger partial charge in [-0.15, -0.1) is 11.3 Å². The van der Waals surface area contributed by atoms with Crippen LogP contribution < -0.4 is 14.8 Å². The molecule has 1 aliphatic heterocycles. The summed E-state index contributed by atoms with van der Waals surface area (Å²) in [5, 5.41) is 3.05. The summed E-state index contributed by atoms with van der Waals surface area (Å²) in [6.45, 7) is 1.87. The van der Waals surface area contributed by atoms with Crippen molar-refractivity contribution in [3.63, 3.8) is 0 Å². The van der Waals surface area contributed by atoms with Crippen LogP contribution in [0.2, 0.25) is 0 Å². The second-order valence-corrected chi connectivity index (χ2v) is 7.72. The van der Waals surface area contributed by atoms with E-state index in [1.54, 1.807) is 0 Å². The Labute approximate surface area is 157 Å². The number of hydrogen-bond donors (Lipinski definition) is 1. The Morgan fingerprint density at radius 1 is 1.08 bits per heavy atom. The highest BCUT2D eigenvalue weighted by atomic mass is 32.1. The van der Waals surface area contributed by atoms with E-state index in [0.29, 0.717) is 19.8 Å². The highest BCUT2D eigenvalue weighted by Crippen LogP contribution is 2.36. The van der Waals surface area contributed by atoms with Crippen molar-refractivity contribution in [1.82, 2.24) is 5.32 Å². The van der Waals surface area contributed by atoms with Crippen LogP contribution in [0.4, 0.5) is 0 Å². The Kier molecular flexibility index (Phi) is 5.25. The molecule has 0 saturated heterocycles. The average molecular weight is 369 g/mol. The number of thiophene rings is 1. The molecule has 136 valence electrons. The number of allylic oxidation sites excluding steroid dienone is 1. The van der Waals surface area contributed by atoms with Crippen LogP contribution >= 0.6 is 11.3 Å². The number of nitrogens with one attached hydrogen (secondary N) is 1. The third-order valence-corrected chi connectivity index (χ3v) is 5.91. The predicted octanol–water partition coefficient (Wildman–Crippen LogP) is 4.81. The quantitative estimate of drug-likeness (QED) is 0.770. The van der Waals surface area contributed by atoms with E-state index in [-0.39, 0.29) is 5.91 Å². The van der Waals surface area contributed by atoms with E-state index in [1.165, 1.54) is 42.6 Å². The summed E-state index contributed by atoms with van der Waals surface area (Å²) >= 11 is 1.51. The molecule has 0 saturated carbocycles. The molecular formula is C21H23NO3S. The van der Waals surface area contributed by atoms with Gasteiger partial charge in [0.15, 0.2) is 11.5 Å². The molecule has 1 amide bonds. The van der Waals surface area contributed by atoms with Crippen molar-refractivity contribution in [1.29, 1.82) is 0 Å². The molecule has 1 N–H and O–H groups in total. The fourth-order valence-corrected chi connectivity index (χ4v) is 4.29. The summed E-state index contributed by atoms with van der Waals surface area (Å²) in [5.41, 5.74) is 2.53. The second kappa shape index (κ2) is 7.96. The van der Waals surface area contributed by atoms with Gasteiger partial charge < -0.3 is 14.8 Å². The van der Waals surface area contributed by atoms with Gasteiger partial charge in [0.1, 0.15) is 13.2 Å². The number of amides is 1. The van der Waals surface area contributed by atoms with Crippen LogP contribution in [0.15, 0.2) is 42.0 Å². The molecule has 1 aliphatic carbocycles. The standard InChI is InChI=1S/C21H23NO3S/c23-21(22-11-10-15-4-2-1-3-5-15)20-9-8-19(26-20)16-6-7-17-18(14-16)25-13-12-24-17/h4,6-9,14H,1-3,5,10-13H2,(H,22,23). The van der Waals surface area contributed by atoms with E-state index in [1.807, 2.05) is 30.3 Å². The molecule has 5 heteroatoms. The topological polar surface area (TPSA) is 47.6 Å². The smallest absolute Gasteiger partial charge is 0.261 e. The van der Waals surface area contributed by atoms with E-state index >= 15 is 0 Å². The van der Waals surface area contributed by atoms with E-state index < -0.39 is 0 Å². The Hall–Kier alpha value is -2.27. The minimum Gasteiger partial charge on any atom is -0.486 e. The van der Waals surface area contributed by atoms with Crippen LogP contribution in [0.1, 0.15) is 41.8 Å². The highest BCUT2D eigenvalue weighted by molar-refractivity contribution is 7.17. The number of fused-ring (bicyclic) bond motifs is 1. The summed E-state index contributed by atoms with van der Waals surface area (Å²) < 4.78 is 11.2. The SMILES string of the molecule is O=C(NCCC1=CCCCC1)c1ccc(-c2ccc3c(c2)OCCO3)s1. The molecule has 0 spiro atoms. The normalized spacial score (nSPS) is 16.1. The molecule has 0 unspecified atom stereocenters. The van der Waals surface area contributed by atoms with E-state index in [0.717, 1.165) is 33.2 Å². The molecule has 0 fully saturated rings. The van der Waals surface area contributed by atoms with E-state index in [2.05, 4.69) is 11.4 Å². The number of carbonyl (C=O) groups excluding carboxylic acids is 1. The summed E-state index contributed by atoms with van der Waals surface area (Å²) in [7, 11) is 0. The lowest BCUT2D eigenvalue weighted by Gasteiger charge is -2.18. The van der Waals surface area contributed by atoms with Gasteiger partial charge in [0, 0.05) is 11.4 Å². The molecule has 0 bridgehead atoms. The molecule has 26 heavy (non-hydrogen) atoms. The lowest BCUT2D eigenvalue weighted by Crippen LogP contribution is -2.23. The molecule has 1 aromatic carbocycles. The first-order chi connectivity index (χ1) is 12.8. The van der Waals surface area contributed by atoms with Crippen molar-refractivity contribution < 1.29 is 14.3 Å². The van der Waals surface area contributed by atoms with Crippen LogP contribution in [-0.4, -0.2) is 25.7 Å². The first kappa shape index (κ1) is 17.2. The second-order valence-electron chi connectivity index (χ2n) is 6.64. The van der Waals surface area contributed by atoms with Crippen molar-refractivity contribution in [2.24, 2.45) is 0 Å². The Balaban J connectivity index is 1.38. The maximum absolute atomic E-state index is 12.4. The molecule has 0 atom stereocenters. The van der Waals surface area contributed by atoms with Crippen molar-refractivity contribution in [2.45, 2.75) is 32.1 Å². The van der Waals surface area contributed by atoms with Crippen molar-refractivity contribution >= 4 is 17.2 Å². The number of ether oxygens (including phenoxy) is 2. The summed E-state index contributed by atoms with van der Waals surface area (Å²) in [4.78, 5) is 14.2.